The fraction of sp³-hybridized carbons (Fsp3) is 0.333. The van der Waals surface area contributed by atoms with E-state index < -0.39 is 10.0 Å². The van der Waals surface area contributed by atoms with Gasteiger partial charge < -0.3 is 5.32 Å². The quantitative estimate of drug-likeness (QED) is 0.883. The van der Waals surface area contributed by atoms with Crippen molar-refractivity contribution >= 4 is 15.7 Å². The maximum Gasteiger partial charge on any atom is 0.240 e. The zero-order chi connectivity index (χ0) is 16.1. The van der Waals surface area contributed by atoms with Crippen molar-refractivity contribution in [2.75, 3.05) is 5.32 Å². The molecule has 0 heterocycles. The van der Waals surface area contributed by atoms with Crippen molar-refractivity contribution in [2.24, 2.45) is 0 Å². The van der Waals surface area contributed by atoms with Crippen LogP contribution >= 0.6 is 0 Å². The van der Waals surface area contributed by atoms with Crippen LogP contribution < -0.4 is 10.0 Å². The van der Waals surface area contributed by atoms with E-state index in [2.05, 4.69) is 10.0 Å². The molecule has 4 nitrogen and oxygen atoms in total. The summed E-state index contributed by atoms with van der Waals surface area (Å²) in [6, 6.07) is 18.6. The van der Waals surface area contributed by atoms with E-state index in [0.717, 1.165) is 31.4 Å². The molecule has 2 atom stereocenters. The van der Waals surface area contributed by atoms with Crippen molar-refractivity contribution in [2.45, 2.75) is 42.7 Å². The fourth-order valence-electron chi connectivity index (χ4n) is 3.06. The van der Waals surface area contributed by atoms with Crippen molar-refractivity contribution in [3.8, 4) is 0 Å². The van der Waals surface area contributed by atoms with Crippen molar-refractivity contribution in [1.29, 1.82) is 0 Å². The molecule has 5 heteroatoms. The molecule has 0 unspecified atom stereocenters. The van der Waals surface area contributed by atoms with Crippen molar-refractivity contribution < 1.29 is 8.42 Å². The highest BCUT2D eigenvalue weighted by Crippen LogP contribution is 2.24. The Bertz CT molecular complexity index is 717. The average Bonchev–Trinajstić information content (AvgIpc) is 2.58. The van der Waals surface area contributed by atoms with Gasteiger partial charge in [-0.3, -0.25) is 0 Å². The normalized spacial score (nSPS) is 21.7. The van der Waals surface area contributed by atoms with Crippen LogP contribution in [-0.2, 0) is 10.0 Å². The number of nitrogens with one attached hydrogen (secondary N) is 2. The van der Waals surface area contributed by atoms with E-state index in [1.165, 1.54) is 0 Å². The van der Waals surface area contributed by atoms with Gasteiger partial charge in [0.1, 0.15) is 0 Å². The first-order valence-electron chi connectivity index (χ1n) is 8.04. The topological polar surface area (TPSA) is 58.2 Å². The molecule has 2 N–H and O–H groups in total. The minimum Gasteiger partial charge on any atom is -0.381 e. The number of sulfonamides is 1. The van der Waals surface area contributed by atoms with Gasteiger partial charge in [0.15, 0.2) is 0 Å². The molecule has 0 saturated heterocycles. The first-order valence-corrected chi connectivity index (χ1v) is 9.52. The SMILES string of the molecule is O=S(=O)(N[C@@H]1CCCC[C@@H]1Nc1ccccc1)c1ccccc1. The number of rotatable bonds is 5. The van der Waals surface area contributed by atoms with Gasteiger partial charge in [0, 0.05) is 17.8 Å². The van der Waals surface area contributed by atoms with Crippen LogP contribution in [-0.4, -0.2) is 20.5 Å². The summed E-state index contributed by atoms with van der Waals surface area (Å²) in [5.41, 5.74) is 1.03. The van der Waals surface area contributed by atoms with Crippen molar-refractivity contribution in [1.82, 2.24) is 4.72 Å². The predicted molar refractivity (Wildman–Crippen MR) is 92.9 cm³/mol. The second-order valence-corrected chi connectivity index (χ2v) is 7.66. The van der Waals surface area contributed by atoms with Crippen LogP contribution in [0.3, 0.4) is 0 Å². The molecule has 0 aromatic heterocycles. The first kappa shape index (κ1) is 16.0. The molecule has 0 radical (unpaired) electrons. The Hall–Kier alpha value is -1.85. The van der Waals surface area contributed by atoms with Gasteiger partial charge >= 0.3 is 0 Å². The molecule has 0 aliphatic heterocycles. The molecule has 2 aromatic carbocycles. The summed E-state index contributed by atoms with van der Waals surface area (Å²) < 4.78 is 28.0. The smallest absolute Gasteiger partial charge is 0.240 e. The number of benzene rings is 2. The molecule has 1 fully saturated rings. The first-order chi connectivity index (χ1) is 11.1. The van der Waals surface area contributed by atoms with E-state index in [0.29, 0.717) is 4.90 Å². The van der Waals surface area contributed by atoms with Gasteiger partial charge in [0.05, 0.1) is 4.90 Å². The maximum atomic E-state index is 12.6. The zero-order valence-electron chi connectivity index (χ0n) is 13.0. The predicted octanol–water partition coefficient (Wildman–Crippen LogP) is 3.39. The van der Waals surface area contributed by atoms with Crippen LogP contribution in [0.15, 0.2) is 65.6 Å². The Balaban J connectivity index is 1.74. The lowest BCUT2D eigenvalue weighted by Crippen LogP contribution is -2.48. The Morgan fingerprint density at radius 2 is 1.35 bits per heavy atom. The highest BCUT2D eigenvalue weighted by atomic mass is 32.2. The summed E-state index contributed by atoms with van der Waals surface area (Å²) in [6.45, 7) is 0. The second kappa shape index (κ2) is 7.15. The summed E-state index contributed by atoms with van der Waals surface area (Å²) >= 11 is 0. The molecule has 1 aliphatic carbocycles. The van der Waals surface area contributed by atoms with E-state index in [-0.39, 0.29) is 12.1 Å². The molecular formula is C18H22N2O2S. The van der Waals surface area contributed by atoms with Crippen molar-refractivity contribution in [3.63, 3.8) is 0 Å². The molecule has 122 valence electrons. The number of anilines is 1. The Kier molecular flexibility index (Phi) is 4.98. The summed E-state index contributed by atoms with van der Waals surface area (Å²) in [5.74, 6) is 0. The van der Waals surface area contributed by atoms with E-state index in [9.17, 15) is 8.42 Å². The third-order valence-electron chi connectivity index (χ3n) is 4.25. The molecule has 2 aromatic rings. The maximum absolute atomic E-state index is 12.6. The van der Waals surface area contributed by atoms with Gasteiger partial charge in [0.25, 0.3) is 0 Å². The molecular weight excluding hydrogens is 308 g/mol. The Morgan fingerprint density at radius 3 is 2.00 bits per heavy atom. The highest BCUT2D eigenvalue weighted by molar-refractivity contribution is 7.89. The summed E-state index contributed by atoms with van der Waals surface area (Å²) in [6.07, 6.45) is 4.00. The van der Waals surface area contributed by atoms with Gasteiger partial charge in [-0.1, -0.05) is 49.2 Å². The molecule has 0 amide bonds. The molecule has 0 spiro atoms. The van der Waals surface area contributed by atoms with E-state index in [4.69, 9.17) is 0 Å². The second-order valence-electron chi connectivity index (χ2n) is 5.94. The summed E-state index contributed by atoms with van der Waals surface area (Å²) in [5, 5.41) is 3.48. The van der Waals surface area contributed by atoms with Crippen LogP contribution in [0.1, 0.15) is 25.7 Å². The molecule has 3 rings (SSSR count). The van der Waals surface area contributed by atoms with Gasteiger partial charge in [-0.2, -0.15) is 0 Å². The van der Waals surface area contributed by atoms with E-state index in [1.807, 2.05) is 36.4 Å². The zero-order valence-corrected chi connectivity index (χ0v) is 13.8. The van der Waals surface area contributed by atoms with E-state index >= 15 is 0 Å². The summed E-state index contributed by atoms with van der Waals surface area (Å²) in [7, 11) is -3.48. The van der Waals surface area contributed by atoms with Crippen LogP contribution in [0.5, 0.6) is 0 Å². The van der Waals surface area contributed by atoms with Gasteiger partial charge in [-0.15, -0.1) is 0 Å². The van der Waals surface area contributed by atoms with Gasteiger partial charge in [-0.25, -0.2) is 13.1 Å². The standard InChI is InChI=1S/C18H22N2O2S/c21-23(22,16-11-5-2-6-12-16)20-18-14-8-7-13-17(18)19-15-9-3-1-4-10-15/h1-6,9-12,17-20H,7-8,13-14H2/t17-,18+/m0/s1. The van der Waals surface area contributed by atoms with Crippen LogP contribution in [0.25, 0.3) is 0 Å². The van der Waals surface area contributed by atoms with E-state index in [1.54, 1.807) is 24.3 Å². The van der Waals surface area contributed by atoms with Crippen molar-refractivity contribution in [3.05, 3.63) is 60.7 Å². The van der Waals surface area contributed by atoms with Crippen LogP contribution in [0, 0.1) is 0 Å². The van der Waals surface area contributed by atoms with Gasteiger partial charge in [-0.05, 0) is 37.1 Å². The van der Waals surface area contributed by atoms with Gasteiger partial charge in [0.2, 0.25) is 10.0 Å². The lowest BCUT2D eigenvalue weighted by Gasteiger charge is -2.33. The summed E-state index contributed by atoms with van der Waals surface area (Å²) in [4.78, 5) is 0.323. The Morgan fingerprint density at radius 1 is 0.783 bits per heavy atom. The molecule has 1 aliphatic rings. The largest absolute Gasteiger partial charge is 0.381 e. The molecule has 0 bridgehead atoms. The number of hydrogen-bond acceptors (Lipinski definition) is 3. The molecule has 1 saturated carbocycles. The number of hydrogen-bond donors (Lipinski definition) is 2. The minimum atomic E-state index is -3.48. The average molecular weight is 330 g/mol. The monoisotopic (exact) mass is 330 g/mol. The number of para-hydroxylation sites is 1. The van der Waals surface area contributed by atoms with Crippen LogP contribution in [0.2, 0.25) is 0 Å². The Labute approximate surface area is 138 Å². The third kappa shape index (κ3) is 4.12. The lowest BCUT2D eigenvalue weighted by atomic mass is 9.91. The lowest BCUT2D eigenvalue weighted by molar-refractivity contribution is 0.378. The fourth-order valence-corrected chi connectivity index (χ4v) is 4.39. The third-order valence-corrected chi connectivity index (χ3v) is 5.76. The van der Waals surface area contributed by atoms with Crippen LogP contribution in [0.4, 0.5) is 5.69 Å². The minimum absolute atomic E-state index is 0.0887. The molecule has 23 heavy (non-hydrogen) atoms. The highest BCUT2D eigenvalue weighted by Gasteiger charge is 2.29.